The van der Waals surface area contributed by atoms with Crippen LogP contribution in [0, 0.1) is 0 Å². The Morgan fingerprint density at radius 3 is 1.24 bits per heavy atom. The summed E-state index contributed by atoms with van der Waals surface area (Å²) < 4.78 is 0. The summed E-state index contributed by atoms with van der Waals surface area (Å²) in [6.45, 7) is 4.00. The van der Waals surface area contributed by atoms with Gasteiger partial charge in [0.1, 0.15) is 0 Å². The summed E-state index contributed by atoms with van der Waals surface area (Å²) in [5.41, 5.74) is 7.24. The van der Waals surface area contributed by atoms with Gasteiger partial charge in [0.05, 0.1) is 0 Å². The molecule has 0 aliphatic heterocycles. The highest BCUT2D eigenvalue weighted by Gasteiger charge is 1.92. The average molecular weight is 229 g/mol. The first-order chi connectivity index (χ1) is 8.45. The van der Waals surface area contributed by atoms with Gasteiger partial charge >= 0.3 is 0 Å². The molecule has 0 bridgehead atoms. The van der Waals surface area contributed by atoms with Crippen molar-refractivity contribution in [1.82, 2.24) is 0 Å². The molecular weight excluding hydrogens is 206 g/mol. The molecule has 0 aromatic heterocycles. The summed E-state index contributed by atoms with van der Waals surface area (Å²) in [4.78, 5) is 0. The van der Waals surface area contributed by atoms with E-state index in [4.69, 9.17) is 0 Å². The smallest absolute Gasteiger partial charge is 0.00258 e. The van der Waals surface area contributed by atoms with Crippen LogP contribution in [0.4, 0.5) is 0 Å². The highest BCUT2D eigenvalue weighted by molar-refractivity contribution is 5.25. The topological polar surface area (TPSA) is 26.0 Å². The third-order valence-corrected chi connectivity index (χ3v) is 2.09. The van der Waals surface area contributed by atoms with Crippen molar-refractivity contribution in [2.75, 3.05) is 7.05 Å². The Bertz CT molecular complexity index is 316. The Morgan fingerprint density at radius 1 is 0.647 bits per heavy atom. The van der Waals surface area contributed by atoms with Crippen molar-refractivity contribution < 1.29 is 0 Å². The van der Waals surface area contributed by atoms with E-state index in [-0.39, 0.29) is 0 Å². The van der Waals surface area contributed by atoms with Crippen molar-refractivity contribution in [3.8, 4) is 0 Å². The Labute approximate surface area is 105 Å². The van der Waals surface area contributed by atoms with E-state index in [9.17, 15) is 0 Å². The number of nitrogens with two attached hydrogens (primary N) is 1. The fourth-order valence-electron chi connectivity index (χ4n) is 1.43. The predicted octanol–water partition coefficient (Wildman–Crippen LogP) is 3.88. The molecule has 0 saturated carbocycles. The molecule has 2 rings (SSSR count). The van der Waals surface area contributed by atoms with Crippen LogP contribution in [0.15, 0.2) is 60.7 Å². The van der Waals surface area contributed by atoms with E-state index < -0.39 is 0 Å². The molecule has 0 aliphatic carbocycles. The maximum atomic E-state index is 4.50. The molecule has 0 radical (unpaired) electrons. The lowest BCUT2D eigenvalue weighted by Gasteiger charge is -2.00. The largest absolute Gasteiger partial charge is 0.333 e. The van der Waals surface area contributed by atoms with E-state index >= 15 is 0 Å². The van der Waals surface area contributed by atoms with Crippen LogP contribution in [0.25, 0.3) is 0 Å². The summed E-state index contributed by atoms with van der Waals surface area (Å²) in [5, 5.41) is 0. The Kier molecular flexibility index (Phi) is 9.88. The van der Waals surface area contributed by atoms with Crippen molar-refractivity contribution in [3.63, 3.8) is 0 Å². The van der Waals surface area contributed by atoms with Crippen LogP contribution in [0.2, 0.25) is 0 Å². The van der Waals surface area contributed by atoms with Gasteiger partial charge in [-0.15, -0.1) is 0 Å². The molecule has 0 unspecified atom stereocenters. The molecular formula is C16H23N. The van der Waals surface area contributed by atoms with Crippen molar-refractivity contribution in [1.29, 1.82) is 0 Å². The molecule has 2 N–H and O–H groups in total. The number of rotatable bonds is 2. The molecule has 17 heavy (non-hydrogen) atoms. The molecule has 0 fully saturated rings. The van der Waals surface area contributed by atoms with Crippen LogP contribution < -0.4 is 5.73 Å². The van der Waals surface area contributed by atoms with E-state index in [0.717, 1.165) is 6.42 Å². The summed E-state index contributed by atoms with van der Waals surface area (Å²) in [6.07, 6.45) is 1.03. The first kappa shape index (κ1) is 15.4. The number of hydrogen-bond acceptors (Lipinski definition) is 1. The molecule has 0 aliphatic rings. The highest BCUT2D eigenvalue weighted by atomic mass is 14.4. The third-order valence-electron chi connectivity index (χ3n) is 2.09. The van der Waals surface area contributed by atoms with Gasteiger partial charge in [-0.25, -0.2) is 0 Å². The minimum Gasteiger partial charge on any atom is -0.333 e. The van der Waals surface area contributed by atoms with Crippen LogP contribution >= 0.6 is 0 Å². The zero-order chi connectivity index (χ0) is 12.9. The first-order valence-corrected chi connectivity index (χ1v) is 6.11. The lowest BCUT2D eigenvalue weighted by molar-refractivity contribution is 1.19. The Hall–Kier alpha value is -1.60. The molecule has 92 valence electrons. The average Bonchev–Trinajstić information content (AvgIpc) is 2.45. The van der Waals surface area contributed by atoms with Crippen LogP contribution in [0.5, 0.6) is 0 Å². The van der Waals surface area contributed by atoms with Crippen LogP contribution in [0.1, 0.15) is 25.0 Å². The summed E-state index contributed by atoms with van der Waals surface area (Å²) in [6, 6.07) is 21.1. The second-order valence-electron chi connectivity index (χ2n) is 3.15. The molecule has 1 heteroatoms. The Balaban J connectivity index is 0.000000581. The SMILES string of the molecule is CC.CN.c1ccc(Cc2ccccc2)cc1. The molecule has 0 amide bonds. The maximum absolute atomic E-state index is 4.50. The second-order valence-corrected chi connectivity index (χ2v) is 3.15. The standard InChI is InChI=1S/C13H12.C2H6.CH5N/c1-3-7-12(8-4-1)11-13-9-5-2-6-10-13;2*1-2/h1-10H,11H2;1-2H3;2H2,1H3. The van der Waals surface area contributed by atoms with Crippen LogP contribution in [-0.2, 0) is 6.42 Å². The molecule has 2 aromatic carbocycles. The summed E-state index contributed by atoms with van der Waals surface area (Å²) >= 11 is 0. The van der Waals surface area contributed by atoms with E-state index in [1.807, 2.05) is 13.8 Å². The molecule has 0 atom stereocenters. The van der Waals surface area contributed by atoms with Gasteiger partial charge in [-0.1, -0.05) is 74.5 Å². The molecule has 2 aromatic rings. The maximum Gasteiger partial charge on any atom is -0.00258 e. The predicted molar refractivity (Wildman–Crippen MR) is 77.1 cm³/mol. The van der Waals surface area contributed by atoms with Gasteiger partial charge in [0.25, 0.3) is 0 Å². The monoisotopic (exact) mass is 229 g/mol. The Morgan fingerprint density at radius 2 is 0.941 bits per heavy atom. The highest BCUT2D eigenvalue weighted by Crippen LogP contribution is 2.07. The quantitative estimate of drug-likeness (QED) is 0.831. The zero-order valence-corrected chi connectivity index (χ0v) is 11.1. The number of benzene rings is 2. The van der Waals surface area contributed by atoms with Gasteiger partial charge < -0.3 is 5.73 Å². The minimum absolute atomic E-state index is 1.03. The van der Waals surface area contributed by atoms with E-state index in [2.05, 4.69) is 66.4 Å². The fraction of sp³-hybridized carbons (Fsp3) is 0.250. The summed E-state index contributed by atoms with van der Waals surface area (Å²) in [5.74, 6) is 0. The van der Waals surface area contributed by atoms with Crippen molar-refractivity contribution in [3.05, 3.63) is 71.8 Å². The van der Waals surface area contributed by atoms with Gasteiger partial charge in [0.2, 0.25) is 0 Å². The lowest BCUT2D eigenvalue weighted by Crippen LogP contribution is -1.85. The van der Waals surface area contributed by atoms with Crippen molar-refractivity contribution >= 4 is 0 Å². The molecule has 0 heterocycles. The van der Waals surface area contributed by atoms with Gasteiger partial charge in [-0.05, 0) is 24.6 Å². The molecule has 0 spiro atoms. The zero-order valence-electron chi connectivity index (χ0n) is 11.1. The molecule has 0 saturated heterocycles. The fourth-order valence-corrected chi connectivity index (χ4v) is 1.43. The van der Waals surface area contributed by atoms with Gasteiger partial charge in [0, 0.05) is 0 Å². The molecule has 1 nitrogen and oxygen atoms in total. The van der Waals surface area contributed by atoms with Crippen LogP contribution in [0.3, 0.4) is 0 Å². The van der Waals surface area contributed by atoms with E-state index in [0.29, 0.717) is 0 Å². The second kappa shape index (κ2) is 10.9. The van der Waals surface area contributed by atoms with Gasteiger partial charge in [-0.3, -0.25) is 0 Å². The lowest BCUT2D eigenvalue weighted by atomic mass is 10.1. The normalized spacial score (nSPS) is 8.24. The van der Waals surface area contributed by atoms with Gasteiger partial charge in [-0.2, -0.15) is 0 Å². The van der Waals surface area contributed by atoms with E-state index in [1.54, 1.807) is 0 Å². The first-order valence-electron chi connectivity index (χ1n) is 6.11. The minimum atomic E-state index is 1.03. The number of hydrogen-bond donors (Lipinski definition) is 1. The third kappa shape index (κ3) is 6.54. The summed E-state index contributed by atoms with van der Waals surface area (Å²) in [7, 11) is 1.50. The van der Waals surface area contributed by atoms with Crippen molar-refractivity contribution in [2.24, 2.45) is 5.73 Å². The van der Waals surface area contributed by atoms with Gasteiger partial charge in [0.15, 0.2) is 0 Å². The van der Waals surface area contributed by atoms with Crippen LogP contribution in [-0.4, -0.2) is 7.05 Å². The van der Waals surface area contributed by atoms with E-state index in [1.165, 1.54) is 18.2 Å². The van der Waals surface area contributed by atoms with Crippen molar-refractivity contribution in [2.45, 2.75) is 20.3 Å².